The van der Waals surface area contributed by atoms with Crippen LogP contribution in [0, 0.1) is 6.92 Å². The van der Waals surface area contributed by atoms with E-state index in [1.54, 1.807) is 15.5 Å². The van der Waals surface area contributed by atoms with Crippen LogP contribution in [0.3, 0.4) is 0 Å². The van der Waals surface area contributed by atoms with E-state index < -0.39 is 0 Å². The molecule has 0 radical (unpaired) electrons. The molecule has 0 aliphatic heterocycles. The van der Waals surface area contributed by atoms with E-state index in [-0.39, 0.29) is 5.56 Å². The molecular weight excluding hydrogens is 436 g/mol. The predicted molar refractivity (Wildman–Crippen MR) is 139 cm³/mol. The zero-order valence-electron chi connectivity index (χ0n) is 19.2. The van der Waals surface area contributed by atoms with Crippen molar-refractivity contribution in [2.75, 3.05) is 0 Å². The second kappa shape index (κ2) is 8.61. The van der Waals surface area contributed by atoms with Crippen molar-refractivity contribution in [3.8, 4) is 0 Å². The summed E-state index contributed by atoms with van der Waals surface area (Å²) in [5.74, 6) is 0.627. The van der Waals surface area contributed by atoms with Crippen LogP contribution >= 0.6 is 0 Å². The highest BCUT2D eigenvalue weighted by atomic mass is 16.1. The highest BCUT2D eigenvalue weighted by Crippen LogP contribution is 2.25. The lowest BCUT2D eigenvalue weighted by molar-refractivity contribution is 0.636. The van der Waals surface area contributed by atoms with Crippen LogP contribution in [-0.4, -0.2) is 30.4 Å². The van der Waals surface area contributed by atoms with Gasteiger partial charge in [0, 0.05) is 6.54 Å². The number of hydrogen-bond donors (Lipinski definition) is 0. The van der Waals surface area contributed by atoms with E-state index in [4.69, 9.17) is 15.0 Å². The van der Waals surface area contributed by atoms with E-state index >= 15 is 0 Å². The van der Waals surface area contributed by atoms with Gasteiger partial charge in [0.25, 0.3) is 5.56 Å². The fraction of sp³-hybridized carbons (Fsp3) is 0.107. The molecule has 3 heterocycles. The van der Waals surface area contributed by atoms with Crippen LogP contribution < -0.4 is 5.56 Å². The third kappa shape index (κ3) is 3.77. The molecule has 0 atom stereocenters. The second-order valence-corrected chi connectivity index (χ2v) is 8.40. The highest BCUT2D eigenvalue weighted by molar-refractivity contribution is 6.05. The Hall–Kier alpha value is -4.65. The summed E-state index contributed by atoms with van der Waals surface area (Å²) in [6.07, 6.45) is 2.47. The lowest BCUT2D eigenvalue weighted by atomic mass is 10.1. The molecule has 0 saturated carbocycles. The Kier molecular flexibility index (Phi) is 5.15. The molecule has 0 amide bonds. The average molecular weight is 459 g/mol. The molecular formula is C28H22N6O. The molecule has 3 aromatic heterocycles. The molecule has 0 aliphatic carbocycles. The quantitative estimate of drug-likeness (QED) is 0.350. The topological polar surface area (TPSA) is 78.0 Å². The molecule has 0 N–H and O–H groups in total. The molecule has 7 nitrogen and oxygen atoms in total. The SMILES string of the molecule is Cc1nc2c(c(=O)n1CCc1ccccc1)c1nc3ccccc3nc1n2/N=C\c1ccccc1. The average Bonchev–Trinajstić information content (AvgIpc) is 3.19. The highest BCUT2D eigenvalue weighted by Gasteiger charge is 2.21. The fourth-order valence-corrected chi connectivity index (χ4v) is 4.34. The van der Waals surface area contributed by atoms with E-state index in [2.05, 4.69) is 17.2 Å². The first-order valence-corrected chi connectivity index (χ1v) is 11.5. The van der Waals surface area contributed by atoms with Gasteiger partial charge in [0.05, 0.1) is 17.2 Å². The van der Waals surface area contributed by atoms with Crippen molar-refractivity contribution in [1.29, 1.82) is 0 Å². The van der Waals surface area contributed by atoms with Crippen molar-refractivity contribution in [2.24, 2.45) is 5.10 Å². The number of fused-ring (bicyclic) bond motifs is 4. The number of aryl methyl sites for hydroxylation is 2. The number of nitrogens with zero attached hydrogens (tertiary/aromatic N) is 6. The maximum absolute atomic E-state index is 13.8. The number of rotatable bonds is 5. The standard InChI is InChI=1S/C28H22N6O/c1-19-30-26-24(28(35)33(19)17-16-20-10-4-2-5-11-20)25-27(32-23-15-9-8-14-22(23)31-25)34(26)29-18-21-12-6-3-7-13-21/h2-15,18H,16-17H2,1H3/b29-18-. The van der Waals surface area contributed by atoms with Gasteiger partial charge in [-0.15, -0.1) is 0 Å². The smallest absolute Gasteiger partial charge is 0.265 e. The summed E-state index contributed by atoms with van der Waals surface area (Å²) in [5, 5.41) is 5.12. The van der Waals surface area contributed by atoms with Crippen LogP contribution in [-0.2, 0) is 13.0 Å². The first-order valence-electron chi connectivity index (χ1n) is 11.5. The Morgan fingerprint density at radius 1 is 0.800 bits per heavy atom. The third-order valence-electron chi connectivity index (χ3n) is 6.12. The van der Waals surface area contributed by atoms with Gasteiger partial charge in [-0.05, 0) is 36.6 Å². The van der Waals surface area contributed by atoms with Gasteiger partial charge in [0.15, 0.2) is 11.3 Å². The summed E-state index contributed by atoms with van der Waals surface area (Å²) < 4.78 is 3.35. The van der Waals surface area contributed by atoms with Gasteiger partial charge < -0.3 is 0 Å². The molecule has 7 heteroatoms. The van der Waals surface area contributed by atoms with Crippen molar-refractivity contribution in [1.82, 2.24) is 24.2 Å². The lowest BCUT2D eigenvalue weighted by Gasteiger charge is -2.10. The lowest BCUT2D eigenvalue weighted by Crippen LogP contribution is -2.25. The molecule has 6 aromatic rings. The minimum absolute atomic E-state index is 0.133. The molecule has 170 valence electrons. The van der Waals surface area contributed by atoms with E-state index in [0.29, 0.717) is 34.6 Å². The van der Waals surface area contributed by atoms with Crippen molar-refractivity contribution >= 4 is 39.4 Å². The van der Waals surface area contributed by atoms with E-state index in [9.17, 15) is 4.79 Å². The predicted octanol–water partition coefficient (Wildman–Crippen LogP) is 4.73. The van der Waals surface area contributed by atoms with Crippen LogP contribution in [0.2, 0.25) is 0 Å². The Morgan fingerprint density at radius 2 is 1.46 bits per heavy atom. The van der Waals surface area contributed by atoms with Gasteiger partial charge in [0.1, 0.15) is 16.7 Å². The van der Waals surface area contributed by atoms with Crippen molar-refractivity contribution in [3.63, 3.8) is 0 Å². The monoisotopic (exact) mass is 458 g/mol. The van der Waals surface area contributed by atoms with Gasteiger partial charge >= 0.3 is 0 Å². The van der Waals surface area contributed by atoms with Crippen molar-refractivity contribution in [2.45, 2.75) is 19.9 Å². The van der Waals surface area contributed by atoms with Gasteiger partial charge in [-0.3, -0.25) is 9.36 Å². The molecule has 35 heavy (non-hydrogen) atoms. The van der Waals surface area contributed by atoms with Crippen molar-refractivity contribution < 1.29 is 0 Å². The minimum Gasteiger partial charge on any atom is -0.296 e. The Labute approximate surface area is 201 Å². The van der Waals surface area contributed by atoms with Gasteiger partial charge in [0.2, 0.25) is 0 Å². The van der Waals surface area contributed by atoms with E-state index in [1.807, 2.05) is 79.7 Å². The minimum atomic E-state index is -0.133. The van der Waals surface area contributed by atoms with Crippen LogP contribution in [0.1, 0.15) is 17.0 Å². The summed E-state index contributed by atoms with van der Waals surface area (Å²) in [5.41, 5.74) is 4.91. The van der Waals surface area contributed by atoms with Crippen molar-refractivity contribution in [3.05, 3.63) is 112 Å². The third-order valence-corrected chi connectivity index (χ3v) is 6.12. The summed E-state index contributed by atoms with van der Waals surface area (Å²) in [6, 6.07) is 27.6. The Balaban J connectivity index is 1.58. The normalized spacial score (nSPS) is 11.8. The van der Waals surface area contributed by atoms with E-state index in [1.165, 1.54) is 5.56 Å². The van der Waals surface area contributed by atoms with Gasteiger partial charge in [-0.1, -0.05) is 72.8 Å². The number of benzene rings is 3. The first kappa shape index (κ1) is 20.9. The summed E-state index contributed by atoms with van der Waals surface area (Å²) in [6.45, 7) is 2.38. The van der Waals surface area contributed by atoms with Gasteiger partial charge in [-0.25, -0.2) is 15.0 Å². The van der Waals surface area contributed by atoms with Crippen LogP contribution in [0.5, 0.6) is 0 Å². The molecule has 0 spiro atoms. The molecule has 0 aliphatic rings. The molecule has 0 unspecified atom stereocenters. The Morgan fingerprint density at radius 3 is 2.20 bits per heavy atom. The Bertz CT molecular complexity index is 1770. The van der Waals surface area contributed by atoms with Crippen LogP contribution in [0.4, 0.5) is 0 Å². The first-order chi connectivity index (χ1) is 17.2. The zero-order chi connectivity index (χ0) is 23.8. The molecule has 0 fully saturated rings. The number of hydrogen-bond acceptors (Lipinski definition) is 5. The fourth-order valence-electron chi connectivity index (χ4n) is 4.34. The maximum Gasteiger partial charge on any atom is 0.265 e. The summed E-state index contributed by atoms with van der Waals surface area (Å²) in [4.78, 5) is 28.3. The van der Waals surface area contributed by atoms with Crippen LogP contribution in [0.25, 0.3) is 33.2 Å². The zero-order valence-corrected chi connectivity index (χ0v) is 19.2. The van der Waals surface area contributed by atoms with Crippen LogP contribution in [0.15, 0.2) is 94.8 Å². The largest absolute Gasteiger partial charge is 0.296 e. The maximum atomic E-state index is 13.8. The molecule has 0 bridgehead atoms. The number of aromatic nitrogens is 5. The second-order valence-electron chi connectivity index (χ2n) is 8.40. The molecule has 0 saturated heterocycles. The number of para-hydroxylation sites is 2. The summed E-state index contributed by atoms with van der Waals surface area (Å²) in [7, 11) is 0. The summed E-state index contributed by atoms with van der Waals surface area (Å²) >= 11 is 0. The molecule has 3 aromatic carbocycles. The van der Waals surface area contributed by atoms with Gasteiger partial charge in [-0.2, -0.15) is 9.78 Å². The van der Waals surface area contributed by atoms with E-state index in [0.717, 1.165) is 23.0 Å². The molecule has 6 rings (SSSR count).